The quantitative estimate of drug-likeness (QED) is 0.738. The van der Waals surface area contributed by atoms with Crippen molar-refractivity contribution in [3.8, 4) is 0 Å². The zero-order valence-electron chi connectivity index (χ0n) is 12.0. The summed E-state index contributed by atoms with van der Waals surface area (Å²) in [5.74, 6) is 0.353. The Kier molecular flexibility index (Phi) is 5.56. The summed E-state index contributed by atoms with van der Waals surface area (Å²) in [5, 5.41) is 3.10. The predicted molar refractivity (Wildman–Crippen MR) is 72.3 cm³/mol. The van der Waals surface area contributed by atoms with Gasteiger partial charge in [0, 0.05) is 25.8 Å². The first-order valence-corrected chi connectivity index (χ1v) is 6.67. The molecule has 5 nitrogen and oxygen atoms in total. The number of nitrogens with zero attached hydrogens (tertiary/aromatic N) is 1. The Labute approximate surface area is 110 Å². The van der Waals surface area contributed by atoms with Crippen LogP contribution in [0.15, 0.2) is 0 Å². The van der Waals surface area contributed by atoms with Crippen LogP contribution in [-0.2, 0) is 9.53 Å². The van der Waals surface area contributed by atoms with E-state index in [0.717, 1.165) is 6.54 Å². The number of amides is 1. The molecule has 5 heteroatoms. The molecule has 1 atom stereocenters. The number of likely N-dealkylation sites (N-methyl/N-ethyl adjacent to an activating group) is 1. The molecule has 18 heavy (non-hydrogen) atoms. The molecule has 1 aliphatic heterocycles. The van der Waals surface area contributed by atoms with Gasteiger partial charge in [0.1, 0.15) is 0 Å². The van der Waals surface area contributed by atoms with Gasteiger partial charge in [-0.2, -0.15) is 0 Å². The Morgan fingerprint density at radius 3 is 2.39 bits per heavy atom. The van der Waals surface area contributed by atoms with Crippen molar-refractivity contribution in [1.29, 1.82) is 0 Å². The topological polar surface area (TPSA) is 67.6 Å². The van der Waals surface area contributed by atoms with E-state index in [1.807, 2.05) is 14.1 Å². The number of nitrogens with two attached hydrogens (primary N) is 1. The van der Waals surface area contributed by atoms with Crippen molar-refractivity contribution in [2.24, 2.45) is 11.7 Å². The zero-order valence-corrected chi connectivity index (χ0v) is 12.0. The van der Waals surface area contributed by atoms with E-state index in [1.54, 1.807) is 0 Å². The van der Waals surface area contributed by atoms with Gasteiger partial charge in [0.15, 0.2) is 0 Å². The minimum atomic E-state index is -0.752. The lowest BCUT2D eigenvalue weighted by Crippen LogP contribution is -2.60. The van der Waals surface area contributed by atoms with Gasteiger partial charge in [-0.25, -0.2) is 0 Å². The van der Waals surface area contributed by atoms with Crippen molar-refractivity contribution in [2.45, 2.75) is 38.3 Å². The molecule has 1 saturated heterocycles. The molecule has 0 aliphatic carbocycles. The summed E-state index contributed by atoms with van der Waals surface area (Å²) in [4.78, 5) is 14.4. The predicted octanol–water partition coefficient (Wildman–Crippen LogP) is 0.197. The van der Waals surface area contributed by atoms with Crippen molar-refractivity contribution >= 4 is 5.91 Å². The van der Waals surface area contributed by atoms with Crippen molar-refractivity contribution in [3.63, 3.8) is 0 Å². The lowest BCUT2D eigenvalue weighted by atomic mass is 9.89. The minimum absolute atomic E-state index is 0.0358. The minimum Gasteiger partial charge on any atom is -0.381 e. The molecule has 1 rings (SSSR count). The molecule has 0 aromatic rings. The second kappa shape index (κ2) is 6.50. The third-order valence-corrected chi connectivity index (χ3v) is 3.52. The van der Waals surface area contributed by atoms with Crippen LogP contribution in [0.5, 0.6) is 0 Å². The number of hydrogen-bond donors (Lipinski definition) is 2. The van der Waals surface area contributed by atoms with Gasteiger partial charge < -0.3 is 20.7 Å². The fourth-order valence-corrected chi connectivity index (χ4v) is 2.09. The average molecular weight is 257 g/mol. The van der Waals surface area contributed by atoms with Crippen molar-refractivity contribution in [2.75, 3.05) is 33.9 Å². The highest BCUT2D eigenvalue weighted by Crippen LogP contribution is 2.18. The van der Waals surface area contributed by atoms with Crippen molar-refractivity contribution < 1.29 is 9.53 Å². The maximum Gasteiger partial charge on any atom is 0.240 e. The number of hydrogen-bond acceptors (Lipinski definition) is 4. The molecule has 3 N–H and O–H groups in total. The van der Waals surface area contributed by atoms with E-state index in [9.17, 15) is 4.79 Å². The number of rotatable bonds is 5. The van der Waals surface area contributed by atoms with Crippen LogP contribution in [0.25, 0.3) is 0 Å². The number of carbonyl (C=O) groups is 1. The van der Waals surface area contributed by atoms with E-state index in [2.05, 4.69) is 24.1 Å². The van der Waals surface area contributed by atoms with Crippen LogP contribution in [-0.4, -0.2) is 56.2 Å². The molecule has 0 radical (unpaired) electrons. The summed E-state index contributed by atoms with van der Waals surface area (Å²) in [7, 11) is 4.02. The maximum atomic E-state index is 12.3. The standard InChI is InChI=1S/C13H27N3O2/c1-10(2)11(9-16(3)4)15-12(17)13(14)5-7-18-8-6-13/h10-11H,5-9,14H2,1-4H3,(H,15,17). The van der Waals surface area contributed by atoms with E-state index in [-0.39, 0.29) is 11.9 Å². The highest BCUT2D eigenvalue weighted by Gasteiger charge is 2.37. The second-order valence-corrected chi connectivity index (χ2v) is 5.85. The summed E-state index contributed by atoms with van der Waals surface area (Å²) in [6.45, 7) is 6.20. The third kappa shape index (κ3) is 4.23. The molecule has 1 fully saturated rings. The van der Waals surface area contributed by atoms with Gasteiger partial charge >= 0.3 is 0 Å². The summed E-state index contributed by atoms with van der Waals surface area (Å²) in [6, 6.07) is 0.135. The highest BCUT2D eigenvalue weighted by atomic mass is 16.5. The number of nitrogens with one attached hydrogen (secondary N) is 1. The second-order valence-electron chi connectivity index (χ2n) is 5.85. The smallest absolute Gasteiger partial charge is 0.240 e. The Morgan fingerprint density at radius 2 is 1.94 bits per heavy atom. The Bertz CT molecular complexity index is 273. The van der Waals surface area contributed by atoms with E-state index in [4.69, 9.17) is 10.5 Å². The average Bonchev–Trinajstić information content (AvgIpc) is 2.28. The molecular formula is C13H27N3O2. The van der Waals surface area contributed by atoms with Crippen molar-refractivity contribution in [1.82, 2.24) is 10.2 Å². The monoisotopic (exact) mass is 257 g/mol. The Morgan fingerprint density at radius 1 is 1.39 bits per heavy atom. The van der Waals surface area contributed by atoms with Crippen LogP contribution >= 0.6 is 0 Å². The summed E-state index contributed by atoms with van der Waals surface area (Å²) >= 11 is 0. The van der Waals surface area contributed by atoms with Crippen molar-refractivity contribution in [3.05, 3.63) is 0 Å². The molecule has 1 amide bonds. The van der Waals surface area contributed by atoms with Crippen LogP contribution in [0.1, 0.15) is 26.7 Å². The molecule has 1 unspecified atom stereocenters. The number of carbonyl (C=O) groups excluding carboxylic acids is 1. The van der Waals surface area contributed by atoms with Crippen LogP contribution in [0, 0.1) is 5.92 Å². The first-order chi connectivity index (χ1) is 8.35. The molecule has 0 saturated carbocycles. The molecule has 1 heterocycles. The normalized spacial score (nSPS) is 21.1. The van der Waals surface area contributed by atoms with Crippen LogP contribution in [0.3, 0.4) is 0 Å². The molecule has 0 aromatic heterocycles. The third-order valence-electron chi connectivity index (χ3n) is 3.52. The van der Waals surface area contributed by atoms with Gasteiger partial charge in [-0.1, -0.05) is 13.8 Å². The SMILES string of the molecule is CC(C)C(CN(C)C)NC(=O)C1(N)CCOCC1. The summed E-state index contributed by atoms with van der Waals surface area (Å²) in [6.07, 6.45) is 1.21. The van der Waals surface area contributed by atoms with Gasteiger partial charge in [0.05, 0.1) is 5.54 Å². The zero-order chi connectivity index (χ0) is 13.8. The van der Waals surface area contributed by atoms with Crippen LogP contribution < -0.4 is 11.1 Å². The fraction of sp³-hybridized carbons (Fsp3) is 0.923. The van der Waals surface area contributed by atoms with E-state index >= 15 is 0 Å². The lowest BCUT2D eigenvalue weighted by molar-refractivity contribution is -0.130. The van der Waals surface area contributed by atoms with Gasteiger partial charge in [-0.05, 0) is 32.9 Å². The van der Waals surface area contributed by atoms with Crippen LogP contribution in [0.2, 0.25) is 0 Å². The Balaban J connectivity index is 2.59. The molecule has 0 spiro atoms. The maximum absolute atomic E-state index is 12.3. The largest absolute Gasteiger partial charge is 0.381 e. The lowest BCUT2D eigenvalue weighted by Gasteiger charge is -2.35. The van der Waals surface area contributed by atoms with E-state index < -0.39 is 5.54 Å². The summed E-state index contributed by atoms with van der Waals surface area (Å²) in [5.41, 5.74) is 5.42. The fourth-order valence-electron chi connectivity index (χ4n) is 2.09. The first-order valence-electron chi connectivity index (χ1n) is 6.67. The highest BCUT2D eigenvalue weighted by molar-refractivity contribution is 5.86. The first kappa shape index (κ1) is 15.4. The summed E-state index contributed by atoms with van der Waals surface area (Å²) < 4.78 is 5.26. The molecule has 0 bridgehead atoms. The van der Waals surface area contributed by atoms with Gasteiger partial charge in [0.25, 0.3) is 0 Å². The number of ether oxygens (including phenoxy) is 1. The molecule has 0 aromatic carbocycles. The molecule has 1 aliphatic rings. The molecular weight excluding hydrogens is 230 g/mol. The Hall–Kier alpha value is -0.650. The van der Waals surface area contributed by atoms with Crippen LogP contribution in [0.4, 0.5) is 0 Å². The van der Waals surface area contributed by atoms with Gasteiger partial charge in [-0.3, -0.25) is 4.79 Å². The molecule has 106 valence electrons. The van der Waals surface area contributed by atoms with Gasteiger partial charge in [-0.15, -0.1) is 0 Å². The van der Waals surface area contributed by atoms with Gasteiger partial charge in [0.2, 0.25) is 5.91 Å². The van der Waals surface area contributed by atoms with E-state index in [1.165, 1.54) is 0 Å². The van der Waals surface area contributed by atoms with E-state index in [0.29, 0.717) is 32.0 Å².